The Balaban J connectivity index is 1.68. The number of ether oxygens (including phenoxy) is 2. The molecular formula is C23H29NO4S. The molecule has 0 amide bonds. The second kappa shape index (κ2) is 7.73. The minimum absolute atomic E-state index is 0.0296. The van der Waals surface area contributed by atoms with Crippen molar-refractivity contribution >= 4 is 23.1 Å². The summed E-state index contributed by atoms with van der Waals surface area (Å²) >= 11 is 1.63. The van der Waals surface area contributed by atoms with Crippen LogP contribution in [0.1, 0.15) is 55.2 Å². The molecular weight excluding hydrogens is 386 g/mol. The molecule has 0 saturated carbocycles. The summed E-state index contributed by atoms with van der Waals surface area (Å²) in [6.07, 6.45) is 3.13. The van der Waals surface area contributed by atoms with Crippen LogP contribution in [0.2, 0.25) is 0 Å². The Kier molecular flexibility index (Phi) is 5.42. The first-order valence-corrected chi connectivity index (χ1v) is 11.1. The summed E-state index contributed by atoms with van der Waals surface area (Å²) in [6, 6.07) is 4.07. The summed E-state index contributed by atoms with van der Waals surface area (Å²) in [7, 11) is 0. The Hall–Kier alpha value is -1.92. The van der Waals surface area contributed by atoms with E-state index in [2.05, 4.69) is 25.7 Å². The third kappa shape index (κ3) is 4.05. The van der Waals surface area contributed by atoms with Crippen molar-refractivity contribution in [2.45, 2.75) is 58.5 Å². The Morgan fingerprint density at radius 1 is 1.38 bits per heavy atom. The summed E-state index contributed by atoms with van der Waals surface area (Å²) in [4.78, 5) is 28.5. The van der Waals surface area contributed by atoms with Gasteiger partial charge >= 0.3 is 5.97 Å². The van der Waals surface area contributed by atoms with Gasteiger partial charge in [-0.25, -0.2) is 0 Å². The third-order valence-corrected chi connectivity index (χ3v) is 7.09. The summed E-state index contributed by atoms with van der Waals surface area (Å²) in [5.41, 5.74) is 2.16. The van der Waals surface area contributed by atoms with Crippen LogP contribution in [0.25, 0.3) is 0 Å². The van der Waals surface area contributed by atoms with E-state index in [9.17, 15) is 9.59 Å². The average molecular weight is 416 g/mol. The predicted molar refractivity (Wildman–Crippen MR) is 113 cm³/mol. The molecule has 2 aliphatic heterocycles. The van der Waals surface area contributed by atoms with Crippen molar-refractivity contribution < 1.29 is 19.1 Å². The zero-order chi connectivity index (χ0) is 20.8. The Labute approximate surface area is 176 Å². The molecule has 1 aromatic rings. The molecule has 3 atom stereocenters. The Morgan fingerprint density at radius 2 is 2.17 bits per heavy atom. The average Bonchev–Trinajstić information content (AvgIpc) is 3.28. The first-order chi connectivity index (χ1) is 13.7. The number of ketones is 1. The minimum Gasteiger partial charge on any atom is -0.462 e. The van der Waals surface area contributed by atoms with Gasteiger partial charge in [0.15, 0.2) is 5.78 Å². The molecule has 0 spiro atoms. The van der Waals surface area contributed by atoms with Gasteiger partial charge in [-0.15, -0.1) is 11.3 Å². The van der Waals surface area contributed by atoms with Gasteiger partial charge in [0.05, 0.1) is 6.10 Å². The smallest absolute Gasteiger partial charge is 0.316 e. The quantitative estimate of drug-likeness (QED) is 0.745. The van der Waals surface area contributed by atoms with Crippen molar-refractivity contribution in [3.05, 3.63) is 45.4 Å². The van der Waals surface area contributed by atoms with Crippen LogP contribution >= 0.6 is 11.3 Å². The molecule has 3 heterocycles. The number of allylic oxidation sites excluding steroid dienone is 2. The highest BCUT2D eigenvalue weighted by molar-refractivity contribution is 7.12. The highest BCUT2D eigenvalue weighted by Crippen LogP contribution is 2.49. The zero-order valence-electron chi connectivity index (χ0n) is 17.4. The summed E-state index contributed by atoms with van der Waals surface area (Å²) in [5.74, 6) is -1.17. The van der Waals surface area contributed by atoms with E-state index in [-0.39, 0.29) is 35.8 Å². The molecule has 0 aromatic carbocycles. The number of carbonyl (C=O) groups excluding carboxylic acids is 2. The van der Waals surface area contributed by atoms with E-state index >= 15 is 0 Å². The Morgan fingerprint density at radius 3 is 2.83 bits per heavy atom. The number of rotatable bonds is 4. The molecule has 4 rings (SSSR count). The number of carbonyl (C=O) groups is 2. The largest absolute Gasteiger partial charge is 0.462 e. The van der Waals surface area contributed by atoms with Crippen molar-refractivity contribution in [2.75, 3.05) is 13.2 Å². The van der Waals surface area contributed by atoms with Gasteiger partial charge in [-0.1, -0.05) is 20.4 Å². The summed E-state index contributed by atoms with van der Waals surface area (Å²) in [6.45, 7) is 11.4. The van der Waals surface area contributed by atoms with Gasteiger partial charge < -0.3 is 14.8 Å². The van der Waals surface area contributed by atoms with Gasteiger partial charge in [-0.3, -0.25) is 9.59 Å². The normalized spacial score (nSPS) is 28.9. The van der Waals surface area contributed by atoms with E-state index in [1.165, 1.54) is 0 Å². The first-order valence-electron chi connectivity index (χ1n) is 10.3. The second-order valence-electron chi connectivity index (χ2n) is 9.15. The van der Waals surface area contributed by atoms with Gasteiger partial charge in [0.25, 0.3) is 0 Å². The number of nitrogens with one attached hydrogen (secondary N) is 1. The Bertz CT molecular complexity index is 875. The highest BCUT2D eigenvalue weighted by Gasteiger charge is 2.47. The molecule has 29 heavy (non-hydrogen) atoms. The van der Waals surface area contributed by atoms with Crippen LogP contribution in [-0.4, -0.2) is 31.1 Å². The molecule has 1 fully saturated rings. The fraction of sp³-hybridized carbons (Fsp3) is 0.565. The van der Waals surface area contributed by atoms with Crippen LogP contribution < -0.4 is 5.32 Å². The standard InChI is InChI=1S/C23H29NO4S/c1-13-7-8-18(29-13)21-19(22(26)28-12-15-6-5-9-27-15)14(2)24-16-10-23(3,4)11-17(25)20(16)21/h7-8,15,19,21,24H,2,5-6,9-12H2,1,3-4H3. The van der Waals surface area contributed by atoms with Crippen molar-refractivity contribution in [3.63, 3.8) is 0 Å². The SMILES string of the molecule is C=C1NC2=C(C(=O)CC(C)(C)C2)C(c2ccc(C)s2)C1C(=O)OCC1CCCO1. The number of hydrogen-bond donors (Lipinski definition) is 1. The fourth-order valence-electron chi connectivity index (χ4n) is 4.69. The summed E-state index contributed by atoms with van der Waals surface area (Å²) in [5, 5.41) is 3.31. The van der Waals surface area contributed by atoms with E-state index in [1.807, 2.05) is 19.1 Å². The predicted octanol–water partition coefficient (Wildman–Crippen LogP) is 4.24. The second-order valence-corrected chi connectivity index (χ2v) is 10.5. The van der Waals surface area contributed by atoms with Crippen molar-refractivity contribution in [1.29, 1.82) is 0 Å². The van der Waals surface area contributed by atoms with Gasteiger partial charge in [0, 0.05) is 45.7 Å². The molecule has 3 aliphatic rings. The third-order valence-electron chi connectivity index (χ3n) is 6.01. The lowest BCUT2D eigenvalue weighted by Crippen LogP contribution is -2.43. The van der Waals surface area contributed by atoms with Crippen LogP contribution in [-0.2, 0) is 19.1 Å². The van der Waals surface area contributed by atoms with Crippen LogP contribution in [0.3, 0.4) is 0 Å². The first kappa shape index (κ1) is 20.4. The maximum Gasteiger partial charge on any atom is 0.316 e. The van der Waals surface area contributed by atoms with Gasteiger partial charge in [0.2, 0.25) is 0 Å². The maximum absolute atomic E-state index is 13.2. The molecule has 0 radical (unpaired) electrons. The molecule has 1 aromatic heterocycles. The lowest BCUT2D eigenvalue weighted by molar-refractivity contribution is -0.151. The molecule has 3 unspecified atom stereocenters. The van der Waals surface area contributed by atoms with Crippen molar-refractivity contribution in [2.24, 2.45) is 11.3 Å². The van der Waals surface area contributed by atoms with E-state index in [4.69, 9.17) is 9.47 Å². The lowest BCUT2D eigenvalue weighted by atomic mass is 9.68. The van der Waals surface area contributed by atoms with Crippen LogP contribution in [0.5, 0.6) is 0 Å². The van der Waals surface area contributed by atoms with Crippen LogP contribution in [0.15, 0.2) is 35.7 Å². The monoisotopic (exact) mass is 415 g/mol. The molecule has 0 bridgehead atoms. The zero-order valence-corrected chi connectivity index (χ0v) is 18.2. The highest BCUT2D eigenvalue weighted by atomic mass is 32.1. The summed E-state index contributed by atoms with van der Waals surface area (Å²) < 4.78 is 11.2. The molecule has 5 nitrogen and oxygen atoms in total. The lowest BCUT2D eigenvalue weighted by Gasteiger charge is -2.41. The van der Waals surface area contributed by atoms with Crippen LogP contribution in [0, 0.1) is 18.3 Å². The number of esters is 1. The van der Waals surface area contributed by atoms with Gasteiger partial charge in [-0.2, -0.15) is 0 Å². The molecule has 1 N–H and O–H groups in total. The van der Waals surface area contributed by atoms with Crippen LogP contribution in [0.4, 0.5) is 0 Å². The number of thiophene rings is 1. The topological polar surface area (TPSA) is 64.6 Å². The van der Waals surface area contributed by atoms with E-state index in [0.29, 0.717) is 12.1 Å². The molecule has 6 heteroatoms. The van der Waals surface area contributed by atoms with E-state index < -0.39 is 5.92 Å². The fourth-order valence-corrected chi connectivity index (χ4v) is 5.72. The molecule has 1 saturated heterocycles. The number of aryl methyl sites for hydroxylation is 1. The van der Waals surface area contributed by atoms with Crippen molar-refractivity contribution in [1.82, 2.24) is 5.32 Å². The van der Waals surface area contributed by atoms with E-state index in [1.54, 1.807) is 11.3 Å². The minimum atomic E-state index is -0.613. The van der Waals surface area contributed by atoms with Gasteiger partial charge in [-0.05, 0) is 43.7 Å². The van der Waals surface area contributed by atoms with E-state index in [0.717, 1.165) is 46.9 Å². The molecule has 156 valence electrons. The maximum atomic E-state index is 13.2. The molecule has 1 aliphatic carbocycles. The van der Waals surface area contributed by atoms with Gasteiger partial charge in [0.1, 0.15) is 12.5 Å². The number of hydrogen-bond acceptors (Lipinski definition) is 6. The number of Topliss-reactive ketones (excluding diaryl/α,β-unsaturated/α-hetero) is 1. The van der Waals surface area contributed by atoms with Crippen molar-refractivity contribution in [3.8, 4) is 0 Å².